The molecule has 2 rings (SSSR count). The molecule has 0 radical (unpaired) electrons. The summed E-state index contributed by atoms with van der Waals surface area (Å²) in [5.74, 6) is 0.772. The van der Waals surface area contributed by atoms with Gasteiger partial charge in [0.1, 0.15) is 17.3 Å². The number of rotatable bonds is 2. The summed E-state index contributed by atoms with van der Waals surface area (Å²) in [6.45, 7) is 1.87. The molecule has 5 heteroatoms. The minimum absolute atomic E-state index is 0.106. The third-order valence-corrected chi connectivity index (χ3v) is 2.51. The van der Waals surface area contributed by atoms with Gasteiger partial charge in [-0.2, -0.15) is 0 Å². The first kappa shape index (κ1) is 8.72. The Morgan fingerprint density at radius 2 is 2.23 bits per heavy atom. The molecule has 0 bridgehead atoms. The van der Waals surface area contributed by atoms with E-state index in [0.29, 0.717) is 10.7 Å². The van der Waals surface area contributed by atoms with Crippen LogP contribution in [0.4, 0.5) is 5.82 Å². The number of nitrogens with zero attached hydrogens (tertiary/aromatic N) is 3. The highest BCUT2D eigenvalue weighted by Crippen LogP contribution is 2.26. The fraction of sp³-hybridized carbons (Fsp3) is 0.500. The van der Waals surface area contributed by atoms with Crippen LogP contribution in [0.3, 0.4) is 0 Å². The lowest BCUT2D eigenvalue weighted by Gasteiger charge is -2.33. The number of anilines is 1. The molecule has 70 valence electrons. The Morgan fingerprint density at radius 1 is 1.46 bits per heavy atom. The van der Waals surface area contributed by atoms with Crippen LogP contribution in [0, 0.1) is 0 Å². The van der Waals surface area contributed by atoms with Gasteiger partial charge in [0.25, 0.3) is 0 Å². The molecule has 0 amide bonds. The van der Waals surface area contributed by atoms with Crippen LogP contribution in [0.5, 0.6) is 0 Å². The van der Waals surface area contributed by atoms with Crippen molar-refractivity contribution in [1.29, 1.82) is 0 Å². The minimum atomic E-state index is -0.106. The van der Waals surface area contributed by atoms with Gasteiger partial charge in [0, 0.05) is 13.1 Å². The number of aromatic nitrogens is 2. The molecule has 0 unspecified atom stereocenters. The highest BCUT2D eigenvalue weighted by molar-refractivity contribution is 6.30. The van der Waals surface area contributed by atoms with Crippen LogP contribution in [0.1, 0.15) is 12.0 Å². The lowest BCUT2D eigenvalue weighted by atomic mass is 10.2. The van der Waals surface area contributed by atoms with E-state index in [1.54, 1.807) is 0 Å². The van der Waals surface area contributed by atoms with Crippen molar-refractivity contribution in [2.24, 2.45) is 0 Å². The number of aliphatic hydroxyl groups excluding tert-OH is 1. The van der Waals surface area contributed by atoms with Gasteiger partial charge < -0.3 is 10.0 Å². The van der Waals surface area contributed by atoms with Gasteiger partial charge in [0.15, 0.2) is 0 Å². The van der Waals surface area contributed by atoms with E-state index < -0.39 is 0 Å². The molecule has 0 spiro atoms. The first-order valence-corrected chi connectivity index (χ1v) is 4.56. The standard InChI is InChI=1S/C8H10ClN3O/c9-7-6(4-13)8(11-5-10-7)12-2-1-3-12/h5,13H,1-4H2. The smallest absolute Gasteiger partial charge is 0.140 e. The number of hydrogen-bond acceptors (Lipinski definition) is 4. The largest absolute Gasteiger partial charge is 0.391 e. The van der Waals surface area contributed by atoms with Crippen LogP contribution >= 0.6 is 11.6 Å². The molecule has 13 heavy (non-hydrogen) atoms. The van der Waals surface area contributed by atoms with Gasteiger partial charge >= 0.3 is 0 Å². The quantitative estimate of drug-likeness (QED) is 0.717. The fourth-order valence-electron chi connectivity index (χ4n) is 1.32. The lowest BCUT2D eigenvalue weighted by molar-refractivity contribution is 0.281. The summed E-state index contributed by atoms with van der Waals surface area (Å²) in [5, 5.41) is 9.42. The molecule has 1 aromatic rings. The first-order valence-electron chi connectivity index (χ1n) is 4.18. The van der Waals surface area contributed by atoms with Crippen molar-refractivity contribution >= 4 is 17.4 Å². The molecule has 2 heterocycles. The van der Waals surface area contributed by atoms with Gasteiger partial charge in [-0.3, -0.25) is 0 Å². The molecule has 1 aliphatic rings. The summed E-state index contributed by atoms with van der Waals surface area (Å²) < 4.78 is 0. The van der Waals surface area contributed by atoms with Crippen molar-refractivity contribution in [1.82, 2.24) is 9.97 Å². The van der Waals surface area contributed by atoms with Gasteiger partial charge in [0.05, 0.1) is 12.2 Å². The average Bonchev–Trinajstić information content (AvgIpc) is 2.01. The van der Waals surface area contributed by atoms with Crippen LogP contribution < -0.4 is 4.90 Å². The minimum Gasteiger partial charge on any atom is -0.391 e. The fourth-order valence-corrected chi connectivity index (χ4v) is 1.51. The van der Waals surface area contributed by atoms with Crippen LogP contribution in [0.15, 0.2) is 6.33 Å². The van der Waals surface area contributed by atoms with Gasteiger partial charge in [0.2, 0.25) is 0 Å². The molecule has 0 aliphatic carbocycles. The van der Waals surface area contributed by atoms with E-state index in [9.17, 15) is 0 Å². The molecular weight excluding hydrogens is 190 g/mol. The molecule has 4 nitrogen and oxygen atoms in total. The second-order valence-corrected chi connectivity index (χ2v) is 3.32. The normalized spacial score (nSPS) is 15.7. The summed E-state index contributed by atoms with van der Waals surface area (Å²) in [6, 6.07) is 0. The predicted octanol–water partition coefficient (Wildman–Crippen LogP) is 0.832. The van der Waals surface area contributed by atoms with E-state index >= 15 is 0 Å². The summed E-state index contributed by atoms with van der Waals surface area (Å²) in [5.41, 5.74) is 0.629. The molecule has 1 saturated heterocycles. The van der Waals surface area contributed by atoms with Crippen LogP contribution in [-0.4, -0.2) is 28.2 Å². The van der Waals surface area contributed by atoms with E-state index in [1.807, 2.05) is 0 Å². The molecule has 1 N–H and O–H groups in total. The van der Waals surface area contributed by atoms with Crippen LogP contribution in [0.25, 0.3) is 0 Å². The van der Waals surface area contributed by atoms with Gasteiger partial charge in [-0.15, -0.1) is 0 Å². The third-order valence-electron chi connectivity index (χ3n) is 2.18. The summed E-state index contributed by atoms with van der Waals surface area (Å²) in [4.78, 5) is 10.0. The van der Waals surface area contributed by atoms with Crippen molar-refractivity contribution in [3.05, 3.63) is 17.0 Å². The van der Waals surface area contributed by atoms with Gasteiger partial charge in [-0.05, 0) is 6.42 Å². The van der Waals surface area contributed by atoms with Gasteiger partial charge in [-0.25, -0.2) is 9.97 Å². The van der Waals surface area contributed by atoms with Crippen LogP contribution in [-0.2, 0) is 6.61 Å². The Hall–Kier alpha value is -0.870. The van der Waals surface area contributed by atoms with Crippen molar-refractivity contribution in [3.8, 4) is 0 Å². The van der Waals surface area contributed by atoms with Crippen LogP contribution in [0.2, 0.25) is 5.15 Å². The topological polar surface area (TPSA) is 49.3 Å². The summed E-state index contributed by atoms with van der Waals surface area (Å²) in [6.07, 6.45) is 2.60. The lowest BCUT2D eigenvalue weighted by Crippen LogP contribution is -2.38. The van der Waals surface area contributed by atoms with Crippen molar-refractivity contribution < 1.29 is 5.11 Å². The molecule has 0 saturated carbocycles. The second-order valence-electron chi connectivity index (χ2n) is 2.97. The van der Waals surface area contributed by atoms with E-state index in [2.05, 4.69) is 14.9 Å². The Bertz CT molecular complexity index is 314. The van der Waals surface area contributed by atoms with Crippen molar-refractivity contribution in [3.63, 3.8) is 0 Å². The molecule has 1 aliphatic heterocycles. The third kappa shape index (κ3) is 1.47. The van der Waals surface area contributed by atoms with Crippen molar-refractivity contribution in [2.75, 3.05) is 18.0 Å². The zero-order chi connectivity index (χ0) is 9.26. The highest BCUT2D eigenvalue weighted by atomic mass is 35.5. The van der Waals surface area contributed by atoms with E-state index in [0.717, 1.165) is 18.9 Å². The molecule has 1 fully saturated rings. The maximum absolute atomic E-state index is 9.08. The maximum Gasteiger partial charge on any atom is 0.140 e. The summed E-state index contributed by atoms with van der Waals surface area (Å²) >= 11 is 5.82. The Labute approximate surface area is 81.2 Å². The van der Waals surface area contributed by atoms with E-state index in [-0.39, 0.29) is 6.61 Å². The Balaban J connectivity index is 2.37. The maximum atomic E-state index is 9.08. The van der Waals surface area contributed by atoms with Gasteiger partial charge in [-0.1, -0.05) is 11.6 Å². The monoisotopic (exact) mass is 199 g/mol. The zero-order valence-electron chi connectivity index (χ0n) is 7.07. The van der Waals surface area contributed by atoms with E-state index in [4.69, 9.17) is 16.7 Å². The zero-order valence-corrected chi connectivity index (χ0v) is 7.83. The Morgan fingerprint density at radius 3 is 2.77 bits per heavy atom. The predicted molar refractivity (Wildman–Crippen MR) is 49.8 cm³/mol. The number of hydrogen-bond donors (Lipinski definition) is 1. The summed E-state index contributed by atoms with van der Waals surface area (Å²) in [7, 11) is 0. The first-order chi connectivity index (χ1) is 6.33. The second kappa shape index (κ2) is 3.47. The molecule has 0 atom stereocenters. The van der Waals surface area contributed by atoms with E-state index in [1.165, 1.54) is 12.7 Å². The van der Waals surface area contributed by atoms with Crippen molar-refractivity contribution in [2.45, 2.75) is 13.0 Å². The molecule has 1 aromatic heterocycles. The molecule has 0 aromatic carbocycles. The molecular formula is C8H10ClN3O. The number of halogens is 1. The average molecular weight is 200 g/mol. The number of aliphatic hydroxyl groups is 1. The Kier molecular flexibility index (Phi) is 2.33. The highest BCUT2D eigenvalue weighted by Gasteiger charge is 2.20. The SMILES string of the molecule is OCc1c(Cl)ncnc1N1CCC1.